The minimum absolute atomic E-state index is 0.681. The number of benzene rings is 6. The second-order valence-corrected chi connectivity index (χ2v) is 9.67. The van der Waals surface area contributed by atoms with Gasteiger partial charge in [0.25, 0.3) is 0 Å². The number of aromatic nitrogens is 4. The lowest BCUT2D eigenvalue weighted by molar-refractivity contribution is 1.01. The molecule has 9 rings (SSSR count). The van der Waals surface area contributed by atoms with E-state index in [-0.39, 0.29) is 0 Å². The molecule has 0 unspecified atom stereocenters. The normalized spacial score (nSPS) is 12.3. The average molecular weight is 471 g/mol. The van der Waals surface area contributed by atoms with Crippen LogP contribution in [0.1, 0.15) is 0 Å². The Labute approximate surface area is 211 Å². The quantitative estimate of drug-likeness (QED) is 0.189. The van der Waals surface area contributed by atoms with Crippen LogP contribution in [0.3, 0.4) is 0 Å². The van der Waals surface area contributed by atoms with Crippen molar-refractivity contribution in [2.45, 2.75) is 0 Å². The fourth-order valence-corrected chi connectivity index (χ4v) is 6.23. The first-order valence-corrected chi connectivity index (χ1v) is 12.5. The molecule has 4 heteroatoms. The third kappa shape index (κ3) is 2.39. The van der Waals surface area contributed by atoms with E-state index >= 15 is 0 Å². The van der Waals surface area contributed by atoms with Gasteiger partial charge in [0.05, 0.1) is 27.8 Å². The van der Waals surface area contributed by atoms with Gasteiger partial charge < -0.3 is 0 Å². The lowest BCUT2D eigenvalue weighted by Gasteiger charge is -2.12. The van der Waals surface area contributed by atoms with Crippen LogP contribution >= 0.6 is 0 Å². The predicted molar refractivity (Wildman–Crippen MR) is 152 cm³/mol. The maximum absolute atomic E-state index is 5.22. The van der Waals surface area contributed by atoms with Gasteiger partial charge in [0.1, 0.15) is 0 Å². The molecule has 0 fully saturated rings. The molecule has 170 valence electrons. The van der Waals surface area contributed by atoms with Crippen molar-refractivity contribution >= 4 is 65.2 Å². The highest BCUT2D eigenvalue weighted by molar-refractivity contribution is 6.39. The standard InChI is InChI=1S/C33H18N4/c1-2-7-21(8-3-1)31-22-9-4-5-11-24(22)35-33(36-31)37-25-12-6-10-23-29(25)30-26(37)16-15-19-13-14-20-17-18-34-32(23)28(20)27(19)30/h1-18H. The molecular weight excluding hydrogens is 452 g/mol. The molecule has 9 aromatic rings. The molecule has 0 aliphatic heterocycles. The maximum atomic E-state index is 5.22. The van der Waals surface area contributed by atoms with E-state index in [9.17, 15) is 0 Å². The van der Waals surface area contributed by atoms with E-state index in [2.05, 4.69) is 95.6 Å². The molecule has 3 heterocycles. The van der Waals surface area contributed by atoms with Crippen LogP contribution in [0, 0.1) is 0 Å². The number of hydrogen-bond acceptors (Lipinski definition) is 3. The third-order valence-corrected chi connectivity index (χ3v) is 7.76. The Morgan fingerprint density at radius 3 is 2.19 bits per heavy atom. The zero-order chi connectivity index (χ0) is 24.1. The Kier molecular flexibility index (Phi) is 3.50. The van der Waals surface area contributed by atoms with Crippen molar-refractivity contribution in [1.82, 2.24) is 19.5 Å². The van der Waals surface area contributed by atoms with E-state index in [1.807, 2.05) is 18.3 Å². The molecule has 0 saturated carbocycles. The molecule has 0 radical (unpaired) electrons. The van der Waals surface area contributed by atoms with Crippen LogP contribution in [0.5, 0.6) is 0 Å². The van der Waals surface area contributed by atoms with Gasteiger partial charge in [0.2, 0.25) is 5.95 Å². The largest absolute Gasteiger partial charge is 0.278 e. The Morgan fingerprint density at radius 1 is 0.514 bits per heavy atom. The average Bonchev–Trinajstić information content (AvgIpc) is 3.31. The van der Waals surface area contributed by atoms with Crippen molar-refractivity contribution in [3.05, 3.63) is 109 Å². The molecule has 0 N–H and O–H groups in total. The van der Waals surface area contributed by atoms with Crippen LogP contribution in [-0.2, 0) is 0 Å². The molecule has 0 aliphatic rings. The van der Waals surface area contributed by atoms with Crippen LogP contribution in [0.2, 0.25) is 0 Å². The smallest absolute Gasteiger partial charge is 0.235 e. The summed E-state index contributed by atoms with van der Waals surface area (Å²) in [4.78, 5) is 15.2. The Balaban J connectivity index is 1.51. The molecule has 0 atom stereocenters. The number of pyridine rings is 1. The summed E-state index contributed by atoms with van der Waals surface area (Å²) in [6, 6.07) is 36.1. The number of rotatable bonds is 2. The molecule has 0 saturated heterocycles. The zero-order valence-corrected chi connectivity index (χ0v) is 19.7. The third-order valence-electron chi connectivity index (χ3n) is 7.76. The van der Waals surface area contributed by atoms with Gasteiger partial charge in [-0.05, 0) is 35.0 Å². The van der Waals surface area contributed by atoms with E-state index < -0.39 is 0 Å². The minimum Gasteiger partial charge on any atom is -0.278 e. The van der Waals surface area contributed by atoms with Gasteiger partial charge in [-0.2, -0.15) is 0 Å². The van der Waals surface area contributed by atoms with Crippen molar-refractivity contribution < 1.29 is 0 Å². The lowest BCUT2D eigenvalue weighted by Crippen LogP contribution is -2.03. The maximum Gasteiger partial charge on any atom is 0.235 e. The van der Waals surface area contributed by atoms with Crippen LogP contribution < -0.4 is 0 Å². The topological polar surface area (TPSA) is 43.6 Å². The van der Waals surface area contributed by atoms with Crippen LogP contribution in [0.4, 0.5) is 0 Å². The summed E-state index contributed by atoms with van der Waals surface area (Å²) in [5.74, 6) is 0.681. The number of hydrogen-bond donors (Lipinski definition) is 0. The predicted octanol–water partition coefficient (Wildman–Crippen LogP) is 8.12. The van der Waals surface area contributed by atoms with Crippen molar-refractivity contribution in [3.8, 4) is 17.2 Å². The number of para-hydroxylation sites is 1. The lowest BCUT2D eigenvalue weighted by atomic mass is 9.92. The highest BCUT2D eigenvalue weighted by Crippen LogP contribution is 2.46. The van der Waals surface area contributed by atoms with Gasteiger partial charge in [-0.3, -0.25) is 9.55 Å². The summed E-state index contributed by atoms with van der Waals surface area (Å²) in [5.41, 5.74) is 6.22. The van der Waals surface area contributed by atoms with Gasteiger partial charge in [-0.1, -0.05) is 78.9 Å². The molecule has 6 aromatic carbocycles. The van der Waals surface area contributed by atoms with Gasteiger partial charge in [-0.15, -0.1) is 0 Å². The second-order valence-electron chi connectivity index (χ2n) is 9.67. The molecule has 0 aliphatic carbocycles. The fourth-order valence-electron chi connectivity index (χ4n) is 6.23. The molecular formula is C33H18N4. The molecule has 0 amide bonds. The van der Waals surface area contributed by atoms with E-state index in [1.54, 1.807) is 0 Å². The van der Waals surface area contributed by atoms with Crippen LogP contribution in [-0.4, -0.2) is 19.5 Å². The van der Waals surface area contributed by atoms with E-state index in [0.29, 0.717) is 5.95 Å². The molecule has 4 nitrogen and oxygen atoms in total. The second kappa shape index (κ2) is 6.77. The van der Waals surface area contributed by atoms with Gasteiger partial charge in [0, 0.05) is 44.1 Å². The Bertz CT molecular complexity index is 2300. The first kappa shape index (κ1) is 19.1. The first-order chi connectivity index (χ1) is 18.4. The summed E-state index contributed by atoms with van der Waals surface area (Å²) < 4.78 is 2.23. The highest BCUT2D eigenvalue weighted by Gasteiger charge is 2.23. The summed E-state index contributed by atoms with van der Waals surface area (Å²) in [6.45, 7) is 0. The number of nitrogens with zero attached hydrogens (tertiary/aromatic N) is 4. The molecule has 3 aromatic heterocycles. The van der Waals surface area contributed by atoms with Crippen molar-refractivity contribution in [1.29, 1.82) is 0 Å². The molecule has 0 spiro atoms. The zero-order valence-electron chi connectivity index (χ0n) is 19.7. The summed E-state index contributed by atoms with van der Waals surface area (Å²) >= 11 is 0. The van der Waals surface area contributed by atoms with Crippen LogP contribution in [0.25, 0.3) is 82.4 Å². The van der Waals surface area contributed by atoms with Crippen molar-refractivity contribution in [3.63, 3.8) is 0 Å². The van der Waals surface area contributed by atoms with E-state index in [1.165, 1.54) is 37.7 Å². The summed E-state index contributed by atoms with van der Waals surface area (Å²) in [6.07, 6.45) is 1.92. The van der Waals surface area contributed by atoms with E-state index in [4.69, 9.17) is 15.0 Å². The van der Waals surface area contributed by atoms with Gasteiger partial charge in [0.15, 0.2) is 0 Å². The summed E-state index contributed by atoms with van der Waals surface area (Å²) in [7, 11) is 0. The van der Waals surface area contributed by atoms with Gasteiger partial charge >= 0.3 is 0 Å². The van der Waals surface area contributed by atoms with Gasteiger partial charge in [-0.25, -0.2) is 9.97 Å². The first-order valence-electron chi connectivity index (χ1n) is 12.5. The summed E-state index contributed by atoms with van der Waals surface area (Å²) in [5, 5.41) is 9.64. The van der Waals surface area contributed by atoms with Crippen LogP contribution in [0.15, 0.2) is 109 Å². The Morgan fingerprint density at radius 2 is 1.27 bits per heavy atom. The van der Waals surface area contributed by atoms with E-state index in [0.717, 1.165) is 38.7 Å². The SMILES string of the molecule is c1ccc(-c2nc(-n3c4cccc5c6nccc7ccc8ccc3c(c8c76)c54)nc3ccccc23)cc1. The molecule has 37 heavy (non-hydrogen) atoms. The fraction of sp³-hybridized carbons (Fsp3) is 0. The van der Waals surface area contributed by atoms with Crippen molar-refractivity contribution in [2.75, 3.05) is 0 Å². The molecule has 0 bridgehead atoms. The number of fused-ring (bicyclic) bond motifs is 2. The minimum atomic E-state index is 0.681. The highest BCUT2D eigenvalue weighted by atomic mass is 15.2. The van der Waals surface area contributed by atoms with Crippen molar-refractivity contribution in [2.24, 2.45) is 0 Å². The Hall–Kier alpha value is -5.09. The monoisotopic (exact) mass is 470 g/mol.